The molecule has 0 bridgehead atoms. The van der Waals surface area contributed by atoms with Crippen LogP contribution in [0.2, 0.25) is 0 Å². The third-order valence-electron chi connectivity index (χ3n) is 15.4. The summed E-state index contributed by atoms with van der Waals surface area (Å²) in [5.74, 6) is 0. The summed E-state index contributed by atoms with van der Waals surface area (Å²) in [6, 6.07) is 90.6. The Bertz CT molecular complexity index is 4030. The van der Waals surface area contributed by atoms with E-state index in [1.807, 2.05) is 0 Å². The van der Waals surface area contributed by atoms with Crippen LogP contribution in [0, 0.1) is 0 Å². The monoisotopic (exact) mass is 950 g/mol. The molecule has 0 N–H and O–H groups in total. The van der Waals surface area contributed by atoms with Gasteiger partial charge in [0.25, 0.3) is 0 Å². The van der Waals surface area contributed by atoms with E-state index >= 15 is 0 Å². The molecule has 0 saturated heterocycles. The van der Waals surface area contributed by atoms with Gasteiger partial charge in [-0.1, -0.05) is 236 Å². The molecule has 12 aromatic carbocycles. The van der Waals surface area contributed by atoms with Crippen molar-refractivity contribution >= 4 is 71.2 Å². The lowest BCUT2D eigenvalue weighted by Gasteiger charge is -2.32. The molecule has 0 radical (unpaired) electrons. The van der Waals surface area contributed by atoms with Crippen molar-refractivity contribution in [3.05, 3.63) is 254 Å². The zero-order chi connectivity index (χ0) is 50.3. The molecule has 0 fully saturated rings. The van der Waals surface area contributed by atoms with E-state index in [2.05, 4.69) is 294 Å². The largest absolute Gasteiger partial charge is 0.310 e. The number of para-hydroxylation sites is 2. The van der Waals surface area contributed by atoms with Crippen molar-refractivity contribution in [1.82, 2.24) is 4.57 Å². The van der Waals surface area contributed by atoms with Crippen LogP contribution < -0.4 is 4.90 Å². The minimum absolute atomic E-state index is 0.134. The Hall–Kier alpha value is -8.72. The van der Waals surface area contributed by atoms with Gasteiger partial charge in [-0.2, -0.15) is 0 Å². The predicted molar refractivity (Wildman–Crippen MR) is 318 cm³/mol. The van der Waals surface area contributed by atoms with Crippen LogP contribution in [0.25, 0.3) is 104 Å². The molecule has 1 aromatic heterocycles. The highest BCUT2D eigenvalue weighted by atomic mass is 15.1. The molecular weight excluding hydrogens is 893 g/mol. The van der Waals surface area contributed by atoms with Gasteiger partial charge in [0.05, 0.1) is 22.4 Å². The van der Waals surface area contributed by atoms with Crippen LogP contribution in [-0.2, 0) is 10.8 Å². The molecule has 13 aromatic rings. The summed E-state index contributed by atoms with van der Waals surface area (Å²) < 4.78 is 2.47. The molecule has 1 heterocycles. The Morgan fingerprint density at radius 2 is 0.676 bits per heavy atom. The summed E-state index contributed by atoms with van der Waals surface area (Å²) in [5.41, 5.74) is 18.9. The topological polar surface area (TPSA) is 8.17 Å². The van der Waals surface area contributed by atoms with Crippen molar-refractivity contribution in [3.8, 4) is 50.2 Å². The van der Waals surface area contributed by atoms with Gasteiger partial charge in [0, 0.05) is 32.9 Å². The van der Waals surface area contributed by atoms with Gasteiger partial charge < -0.3 is 9.47 Å². The lowest BCUT2D eigenvalue weighted by Crippen LogP contribution is -2.17. The minimum atomic E-state index is -0.134. The van der Waals surface area contributed by atoms with Crippen LogP contribution in [0.15, 0.2) is 243 Å². The second-order valence-corrected chi connectivity index (χ2v) is 22.2. The quantitative estimate of drug-likeness (QED) is 0.138. The van der Waals surface area contributed by atoms with E-state index in [9.17, 15) is 0 Å². The minimum Gasteiger partial charge on any atom is -0.310 e. The number of nitrogens with zero attached hydrogens (tertiary/aromatic N) is 2. The first-order valence-corrected chi connectivity index (χ1v) is 26.1. The Balaban J connectivity index is 1.07. The Kier molecular flexibility index (Phi) is 10.7. The molecule has 13 rings (SSSR count). The summed E-state index contributed by atoms with van der Waals surface area (Å²) in [6.45, 7) is 14.0. The molecule has 356 valence electrons. The fourth-order valence-corrected chi connectivity index (χ4v) is 11.4. The standard InChI is InChI=1S/C72H58N2/c1-71(2,3)57-41-55(51-29-25-49(26-30-51)47-17-9-7-10-18-47)43-59(45-57)73(60-44-56(42-58(46-60)72(4,5)6)52-31-27-50(28-32-52)48-19-11-8-12-20-48)67-39-35-53-34-38-64-68(40-36-54-33-37-63(67)69(53)70(54)64)74-65-23-15-13-21-61(65)62-22-14-16-24-66(62)74/h7-46H,1-6H3. The van der Waals surface area contributed by atoms with Crippen molar-refractivity contribution in [2.24, 2.45) is 0 Å². The van der Waals surface area contributed by atoms with E-state index < -0.39 is 0 Å². The highest BCUT2D eigenvalue weighted by Gasteiger charge is 2.26. The van der Waals surface area contributed by atoms with Crippen molar-refractivity contribution in [3.63, 3.8) is 0 Å². The number of hydrogen-bond donors (Lipinski definition) is 0. The molecule has 2 nitrogen and oxygen atoms in total. The molecule has 0 spiro atoms. The second kappa shape index (κ2) is 17.5. The van der Waals surface area contributed by atoms with Crippen molar-refractivity contribution in [2.75, 3.05) is 4.90 Å². The zero-order valence-corrected chi connectivity index (χ0v) is 43.0. The highest BCUT2D eigenvalue weighted by molar-refractivity contribution is 6.27. The maximum Gasteiger partial charge on any atom is 0.0541 e. The summed E-state index contributed by atoms with van der Waals surface area (Å²) in [4.78, 5) is 2.56. The van der Waals surface area contributed by atoms with Gasteiger partial charge in [-0.15, -0.1) is 0 Å². The molecule has 0 unspecified atom stereocenters. The smallest absolute Gasteiger partial charge is 0.0541 e. The lowest BCUT2D eigenvalue weighted by molar-refractivity contribution is 0.590. The fraction of sp³-hybridized carbons (Fsp3) is 0.111. The van der Waals surface area contributed by atoms with E-state index in [0.29, 0.717) is 0 Å². The molecule has 0 aliphatic rings. The fourth-order valence-electron chi connectivity index (χ4n) is 11.4. The van der Waals surface area contributed by atoms with Crippen LogP contribution in [0.1, 0.15) is 52.7 Å². The maximum atomic E-state index is 2.56. The van der Waals surface area contributed by atoms with E-state index in [-0.39, 0.29) is 10.8 Å². The van der Waals surface area contributed by atoms with Crippen LogP contribution in [0.3, 0.4) is 0 Å². The van der Waals surface area contributed by atoms with Gasteiger partial charge >= 0.3 is 0 Å². The number of aromatic nitrogens is 1. The summed E-state index contributed by atoms with van der Waals surface area (Å²) >= 11 is 0. The van der Waals surface area contributed by atoms with Crippen LogP contribution in [0.4, 0.5) is 17.1 Å². The molecule has 0 saturated carbocycles. The molecule has 2 heteroatoms. The number of fused-ring (bicyclic) bond motifs is 3. The first kappa shape index (κ1) is 45.2. The molecule has 0 amide bonds. The van der Waals surface area contributed by atoms with Crippen molar-refractivity contribution in [1.29, 1.82) is 0 Å². The van der Waals surface area contributed by atoms with Gasteiger partial charge in [0.2, 0.25) is 0 Å². The summed E-state index contributed by atoms with van der Waals surface area (Å²) in [5, 5.41) is 10.0. The van der Waals surface area contributed by atoms with Gasteiger partial charge in [0.15, 0.2) is 0 Å². The van der Waals surface area contributed by atoms with Crippen LogP contribution in [-0.4, -0.2) is 4.57 Å². The predicted octanol–water partition coefficient (Wildman–Crippen LogP) is 20.4. The SMILES string of the molecule is CC(C)(C)c1cc(-c2ccc(-c3ccccc3)cc2)cc(N(c2cc(-c3ccc(-c4ccccc4)cc3)cc(C(C)(C)C)c2)c2ccc3ccc4c(-n5c6ccccc6c6ccccc65)ccc5ccc2c3c54)c1. The van der Waals surface area contributed by atoms with Crippen LogP contribution in [0.5, 0.6) is 0 Å². The van der Waals surface area contributed by atoms with Crippen molar-refractivity contribution in [2.45, 2.75) is 52.4 Å². The Labute approximate surface area is 434 Å². The third kappa shape index (κ3) is 7.81. The van der Waals surface area contributed by atoms with Gasteiger partial charge in [0.1, 0.15) is 0 Å². The number of rotatable bonds is 8. The average Bonchev–Trinajstić information content (AvgIpc) is 3.77. The zero-order valence-electron chi connectivity index (χ0n) is 43.0. The summed E-state index contributed by atoms with van der Waals surface area (Å²) in [7, 11) is 0. The van der Waals surface area contributed by atoms with Crippen molar-refractivity contribution < 1.29 is 0 Å². The second-order valence-electron chi connectivity index (χ2n) is 22.2. The van der Waals surface area contributed by atoms with E-state index in [0.717, 1.165) is 17.1 Å². The molecular formula is C72H58N2. The summed E-state index contributed by atoms with van der Waals surface area (Å²) in [6.07, 6.45) is 0. The first-order valence-electron chi connectivity index (χ1n) is 26.1. The van der Waals surface area contributed by atoms with Gasteiger partial charge in [-0.05, 0) is 137 Å². The normalized spacial score (nSPS) is 12.2. The highest BCUT2D eigenvalue weighted by Crippen LogP contribution is 2.48. The first-order chi connectivity index (χ1) is 35.9. The number of anilines is 3. The van der Waals surface area contributed by atoms with E-state index in [1.165, 1.54) is 115 Å². The Morgan fingerprint density at radius 1 is 0.297 bits per heavy atom. The molecule has 0 atom stereocenters. The van der Waals surface area contributed by atoms with E-state index in [4.69, 9.17) is 0 Å². The van der Waals surface area contributed by atoms with Crippen LogP contribution >= 0.6 is 0 Å². The maximum absolute atomic E-state index is 2.56. The Morgan fingerprint density at radius 3 is 1.15 bits per heavy atom. The van der Waals surface area contributed by atoms with Gasteiger partial charge in [-0.25, -0.2) is 0 Å². The third-order valence-corrected chi connectivity index (χ3v) is 15.4. The number of hydrogen-bond acceptors (Lipinski definition) is 1. The van der Waals surface area contributed by atoms with Gasteiger partial charge in [-0.3, -0.25) is 0 Å². The molecule has 0 aliphatic heterocycles. The number of benzene rings is 12. The molecule has 0 aliphatic carbocycles. The molecule has 74 heavy (non-hydrogen) atoms. The lowest BCUT2D eigenvalue weighted by atomic mass is 9.83. The van der Waals surface area contributed by atoms with E-state index in [1.54, 1.807) is 0 Å². The average molecular weight is 951 g/mol.